The zero-order chi connectivity index (χ0) is 14.8. The second-order valence-electron chi connectivity index (χ2n) is 5.90. The highest BCUT2D eigenvalue weighted by molar-refractivity contribution is 6.33. The molecule has 1 aromatic carbocycles. The Morgan fingerprint density at radius 3 is 2.57 bits per heavy atom. The van der Waals surface area contributed by atoms with Gasteiger partial charge in [0.2, 0.25) is 5.91 Å². The molecule has 4 nitrogen and oxygen atoms in total. The Morgan fingerprint density at radius 1 is 1.24 bits per heavy atom. The number of nitrogens with one attached hydrogen (secondary N) is 1. The van der Waals surface area contributed by atoms with Crippen molar-refractivity contribution in [3.8, 4) is 0 Å². The van der Waals surface area contributed by atoms with Crippen LogP contribution in [0, 0.1) is 5.92 Å². The van der Waals surface area contributed by atoms with E-state index in [1.165, 1.54) is 0 Å². The first-order valence-corrected chi connectivity index (χ1v) is 8.06. The second kappa shape index (κ2) is 6.24. The summed E-state index contributed by atoms with van der Waals surface area (Å²) in [5.74, 6) is 0.461. The number of anilines is 1. The van der Waals surface area contributed by atoms with Crippen molar-refractivity contribution >= 4 is 23.2 Å². The topological polar surface area (TPSA) is 35.6 Å². The van der Waals surface area contributed by atoms with E-state index >= 15 is 0 Å². The standard InChI is InChI=1S/C16H22ClN3O/c1-12-13(6-7-18-12)16(21)20-10-8-19(9-11-20)15-5-3-2-4-14(15)17/h2-5,12-13,18H,6-11H2,1H3. The molecule has 0 aromatic heterocycles. The smallest absolute Gasteiger partial charge is 0.227 e. The normalized spacial score (nSPS) is 26.2. The molecule has 2 aliphatic heterocycles. The average Bonchev–Trinajstić information content (AvgIpc) is 2.93. The van der Waals surface area contributed by atoms with Crippen LogP contribution in [0.2, 0.25) is 5.02 Å². The summed E-state index contributed by atoms with van der Waals surface area (Å²) in [6, 6.07) is 8.22. The summed E-state index contributed by atoms with van der Waals surface area (Å²) < 4.78 is 0. The van der Waals surface area contributed by atoms with Gasteiger partial charge in [-0.3, -0.25) is 4.79 Å². The molecule has 0 aliphatic carbocycles. The average molecular weight is 308 g/mol. The monoisotopic (exact) mass is 307 g/mol. The van der Waals surface area contributed by atoms with Crippen LogP contribution in [0.25, 0.3) is 0 Å². The number of carbonyl (C=O) groups excluding carboxylic acids is 1. The number of carbonyl (C=O) groups is 1. The number of piperazine rings is 1. The first-order chi connectivity index (χ1) is 10.2. The molecule has 1 amide bonds. The molecule has 2 unspecified atom stereocenters. The van der Waals surface area contributed by atoms with Gasteiger partial charge in [-0.15, -0.1) is 0 Å². The van der Waals surface area contributed by atoms with Gasteiger partial charge >= 0.3 is 0 Å². The van der Waals surface area contributed by atoms with E-state index in [9.17, 15) is 4.79 Å². The summed E-state index contributed by atoms with van der Waals surface area (Å²) in [5, 5.41) is 4.14. The Hall–Kier alpha value is -1.26. The number of nitrogens with zero attached hydrogens (tertiary/aromatic N) is 2. The third kappa shape index (κ3) is 3.01. The first-order valence-electron chi connectivity index (χ1n) is 7.68. The van der Waals surface area contributed by atoms with E-state index in [2.05, 4.69) is 17.1 Å². The molecule has 2 heterocycles. The van der Waals surface area contributed by atoms with Crippen LogP contribution < -0.4 is 10.2 Å². The van der Waals surface area contributed by atoms with Crippen LogP contribution in [0.4, 0.5) is 5.69 Å². The van der Waals surface area contributed by atoms with Gasteiger partial charge in [-0.2, -0.15) is 0 Å². The lowest BCUT2D eigenvalue weighted by Crippen LogP contribution is -2.51. The van der Waals surface area contributed by atoms with Gasteiger partial charge in [-0.1, -0.05) is 23.7 Å². The van der Waals surface area contributed by atoms with Crippen LogP contribution >= 0.6 is 11.6 Å². The van der Waals surface area contributed by atoms with Gasteiger partial charge in [0.1, 0.15) is 0 Å². The minimum Gasteiger partial charge on any atom is -0.367 e. The summed E-state index contributed by atoms with van der Waals surface area (Å²) >= 11 is 6.25. The number of benzene rings is 1. The predicted octanol–water partition coefficient (Wildman–Crippen LogP) is 1.99. The Kier molecular flexibility index (Phi) is 4.36. The van der Waals surface area contributed by atoms with E-state index in [-0.39, 0.29) is 5.92 Å². The fraction of sp³-hybridized carbons (Fsp3) is 0.562. The molecule has 1 N–H and O–H groups in total. The fourth-order valence-corrected chi connectivity index (χ4v) is 3.56. The third-order valence-corrected chi connectivity index (χ3v) is 4.95. The maximum absolute atomic E-state index is 12.6. The van der Waals surface area contributed by atoms with Gasteiger partial charge in [0.15, 0.2) is 0 Å². The molecule has 114 valence electrons. The van der Waals surface area contributed by atoms with E-state index in [1.807, 2.05) is 29.2 Å². The van der Waals surface area contributed by atoms with Gasteiger partial charge in [-0.25, -0.2) is 0 Å². The summed E-state index contributed by atoms with van der Waals surface area (Å²) in [5.41, 5.74) is 1.07. The van der Waals surface area contributed by atoms with Gasteiger partial charge in [-0.05, 0) is 32.0 Å². The largest absolute Gasteiger partial charge is 0.367 e. The van der Waals surface area contributed by atoms with Crippen molar-refractivity contribution in [2.24, 2.45) is 5.92 Å². The van der Waals surface area contributed by atoms with Crippen molar-refractivity contribution in [2.75, 3.05) is 37.6 Å². The van der Waals surface area contributed by atoms with Crippen molar-refractivity contribution in [3.05, 3.63) is 29.3 Å². The predicted molar refractivity (Wildman–Crippen MR) is 85.8 cm³/mol. The fourth-order valence-electron chi connectivity index (χ4n) is 3.31. The first kappa shape index (κ1) is 14.7. The quantitative estimate of drug-likeness (QED) is 0.907. The molecule has 2 saturated heterocycles. The van der Waals surface area contributed by atoms with Crippen LogP contribution in [0.3, 0.4) is 0 Å². The number of hydrogen-bond acceptors (Lipinski definition) is 3. The summed E-state index contributed by atoms with van der Waals surface area (Å²) in [6.07, 6.45) is 0.963. The molecule has 3 rings (SSSR count). The molecule has 21 heavy (non-hydrogen) atoms. The number of rotatable bonds is 2. The highest BCUT2D eigenvalue weighted by atomic mass is 35.5. The van der Waals surface area contributed by atoms with E-state index in [0.29, 0.717) is 11.9 Å². The third-order valence-electron chi connectivity index (χ3n) is 4.63. The van der Waals surface area contributed by atoms with Crippen LogP contribution in [0.15, 0.2) is 24.3 Å². The highest BCUT2D eigenvalue weighted by Gasteiger charge is 2.33. The molecule has 0 bridgehead atoms. The maximum atomic E-state index is 12.6. The lowest BCUT2D eigenvalue weighted by Gasteiger charge is -2.38. The summed E-state index contributed by atoms with van der Waals surface area (Å²) in [6.45, 7) is 6.33. The van der Waals surface area contributed by atoms with Gasteiger partial charge in [0.05, 0.1) is 16.6 Å². The van der Waals surface area contributed by atoms with Crippen molar-refractivity contribution in [1.29, 1.82) is 0 Å². The van der Waals surface area contributed by atoms with Gasteiger partial charge < -0.3 is 15.1 Å². The summed E-state index contributed by atoms with van der Waals surface area (Å²) in [4.78, 5) is 16.8. The highest BCUT2D eigenvalue weighted by Crippen LogP contribution is 2.27. The van der Waals surface area contributed by atoms with Gasteiger partial charge in [0.25, 0.3) is 0 Å². The molecule has 5 heteroatoms. The molecule has 1 aromatic rings. The van der Waals surface area contributed by atoms with Crippen molar-refractivity contribution in [3.63, 3.8) is 0 Å². The minimum absolute atomic E-state index is 0.150. The molecule has 2 atom stereocenters. The van der Waals surface area contributed by atoms with Crippen LogP contribution in [0.5, 0.6) is 0 Å². The SMILES string of the molecule is CC1NCCC1C(=O)N1CCN(c2ccccc2Cl)CC1. The molecule has 0 radical (unpaired) electrons. The van der Waals surface area contributed by atoms with Gasteiger partial charge in [0, 0.05) is 32.2 Å². The molecule has 0 spiro atoms. The number of hydrogen-bond donors (Lipinski definition) is 1. The molecule has 2 fully saturated rings. The van der Waals surface area contributed by atoms with Crippen LogP contribution in [-0.2, 0) is 4.79 Å². The molecule has 2 aliphatic rings. The van der Waals surface area contributed by atoms with Crippen LogP contribution in [0.1, 0.15) is 13.3 Å². The van der Waals surface area contributed by atoms with Crippen molar-refractivity contribution < 1.29 is 4.79 Å². The van der Waals surface area contributed by atoms with Crippen molar-refractivity contribution in [2.45, 2.75) is 19.4 Å². The Balaban J connectivity index is 1.60. The summed E-state index contributed by atoms with van der Waals surface area (Å²) in [7, 11) is 0. The lowest BCUT2D eigenvalue weighted by atomic mass is 10.00. The Morgan fingerprint density at radius 2 is 1.95 bits per heavy atom. The van der Waals surface area contributed by atoms with E-state index in [0.717, 1.165) is 49.9 Å². The van der Waals surface area contributed by atoms with Crippen molar-refractivity contribution in [1.82, 2.24) is 10.2 Å². The number of para-hydroxylation sites is 1. The lowest BCUT2D eigenvalue weighted by molar-refractivity contribution is -0.136. The molecule has 0 saturated carbocycles. The zero-order valence-electron chi connectivity index (χ0n) is 12.4. The Bertz CT molecular complexity index is 514. The zero-order valence-corrected chi connectivity index (χ0v) is 13.1. The maximum Gasteiger partial charge on any atom is 0.227 e. The minimum atomic E-state index is 0.150. The number of amides is 1. The van der Waals surface area contributed by atoms with E-state index < -0.39 is 0 Å². The molecular formula is C16H22ClN3O. The Labute approximate surface area is 131 Å². The van der Waals surface area contributed by atoms with E-state index in [4.69, 9.17) is 11.6 Å². The number of halogens is 1. The molecular weight excluding hydrogens is 286 g/mol. The second-order valence-corrected chi connectivity index (χ2v) is 6.31. The van der Waals surface area contributed by atoms with E-state index in [1.54, 1.807) is 0 Å². The van der Waals surface area contributed by atoms with Crippen LogP contribution in [-0.4, -0.2) is 49.6 Å².